The number of likely N-dealkylation sites (tertiary alicyclic amines) is 1. The number of hydrogen-bond donors (Lipinski definition) is 0. The standard InChI is InChI=1S/C18H24FN5O/c1-23(10-14-4-5-18(25-2)22-9-14)12-16-8-15(19)11-24(16)13-17-20-6-3-7-21-17/h3-7,9,15-16H,8,10-13H2,1-2H3/t15-,16-/m0/s1. The maximum absolute atomic E-state index is 14.0. The lowest BCUT2D eigenvalue weighted by molar-refractivity contribution is 0.177. The number of likely N-dealkylation sites (N-methyl/N-ethyl adjacent to an activating group) is 1. The van der Waals surface area contributed by atoms with Gasteiger partial charge in [0, 0.05) is 50.3 Å². The van der Waals surface area contributed by atoms with Crippen LogP contribution >= 0.6 is 0 Å². The molecule has 1 aliphatic rings. The van der Waals surface area contributed by atoms with Gasteiger partial charge in [-0.3, -0.25) is 4.90 Å². The molecule has 0 aliphatic carbocycles. The lowest BCUT2D eigenvalue weighted by atomic mass is 10.2. The summed E-state index contributed by atoms with van der Waals surface area (Å²) >= 11 is 0. The van der Waals surface area contributed by atoms with E-state index in [-0.39, 0.29) is 6.04 Å². The fourth-order valence-electron chi connectivity index (χ4n) is 3.26. The molecule has 0 radical (unpaired) electrons. The van der Waals surface area contributed by atoms with E-state index in [1.165, 1.54) is 0 Å². The van der Waals surface area contributed by atoms with Crippen molar-refractivity contribution in [3.05, 3.63) is 48.2 Å². The highest BCUT2D eigenvalue weighted by Crippen LogP contribution is 2.23. The van der Waals surface area contributed by atoms with Gasteiger partial charge in [-0.15, -0.1) is 0 Å². The van der Waals surface area contributed by atoms with Crippen LogP contribution in [-0.2, 0) is 13.1 Å². The summed E-state index contributed by atoms with van der Waals surface area (Å²) < 4.78 is 19.0. The van der Waals surface area contributed by atoms with E-state index in [4.69, 9.17) is 4.74 Å². The molecule has 0 amide bonds. The van der Waals surface area contributed by atoms with Crippen LogP contribution in [0.5, 0.6) is 5.88 Å². The van der Waals surface area contributed by atoms with E-state index >= 15 is 0 Å². The van der Waals surface area contributed by atoms with Gasteiger partial charge in [0.25, 0.3) is 0 Å². The molecule has 2 aromatic heterocycles. The van der Waals surface area contributed by atoms with Crippen LogP contribution in [0.25, 0.3) is 0 Å². The average Bonchev–Trinajstić information content (AvgIpc) is 2.95. The number of alkyl halides is 1. The largest absolute Gasteiger partial charge is 0.481 e. The minimum absolute atomic E-state index is 0.162. The second-order valence-corrected chi connectivity index (χ2v) is 6.49. The number of pyridine rings is 1. The molecule has 25 heavy (non-hydrogen) atoms. The predicted molar refractivity (Wildman–Crippen MR) is 92.9 cm³/mol. The van der Waals surface area contributed by atoms with Gasteiger partial charge >= 0.3 is 0 Å². The van der Waals surface area contributed by atoms with Crippen molar-refractivity contribution in [1.29, 1.82) is 0 Å². The van der Waals surface area contributed by atoms with Gasteiger partial charge in [-0.1, -0.05) is 6.07 Å². The molecule has 3 heterocycles. The van der Waals surface area contributed by atoms with E-state index in [9.17, 15) is 4.39 Å². The topological polar surface area (TPSA) is 54.4 Å². The number of aromatic nitrogens is 3. The van der Waals surface area contributed by atoms with E-state index in [1.807, 2.05) is 25.4 Å². The summed E-state index contributed by atoms with van der Waals surface area (Å²) in [5.41, 5.74) is 1.11. The molecule has 1 aliphatic heterocycles. The van der Waals surface area contributed by atoms with Crippen LogP contribution in [0.15, 0.2) is 36.8 Å². The molecule has 0 unspecified atom stereocenters. The number of nitrogens with zero attached hydrogens (tertiary/aromatic N) is 5. The van der Waals surface area contributed by atoms with Crippen LogP contribution in [0, 0.1) is 0 Å². The van der Waals surface area contributed by atoms with Crippen molar-refractivity contribution < 1.29 is 9.13 Å². The number of ether oxygens (including phenoxy) is 1. The van der Waals surface area contributed by atoms with Crippen LogP contribution in [0.4, 0.5) is 4.39 Å². The molecule has 1 fully saturated rings. The van der Waals surface area contributed by atoms with E-state index in [2.05, 4.69) is 24.8 Å². The zero-order chi connectivity index (χ0) is 17.6. The molecule has 7 heteroatoms. The highest BCUT2D eigenvalue weighted by Gasteiger charge is 2.33. The Balaban J connectivity index is 1.57. The Hall–Kier alpha value is -2.12. The lowest BCUT2D eigenvalue weighted by Gasteiger charge is -2.27. The molecule has 0 aromatic carbocycles. The van der Waals surface area contributed by atoms with Crippen LogP contribution in [0.3, 0.4) is 0 Å². The zero-order valence-electron chi connectivity index (χ0n) is 14.7. The van der Waals surface area contributed by atoms with Crippen molar-refractivity contribution in [2.45, 2.75) is 31.7 Å². The van der Waals surface area contributed by atoms with Crippen molar-refractivity contribution >= 4 is 0 Å². The quantitative estimate of drug-likeness (QED) is 0.764. The van der Waals surface area contributed by atoms with Crippen molar-refractivity contribution in [3.63, 3.8) is 0 Å². The Bertz CT molecular complexity index is 654. The van der Waals surface area contributed by atoms with Crippen molar-refractivity contribution in [2.75, 3.05) is 27.2 Å². The van der Waals surface area contributed by atoms with E-state index in [0.717, 1.165) is 24.5 Å². The van der Waals surface area contributed by atoms with Crippen LogP contribution in [-0.4, -0.2) is 64.2 Å². The maximum atomic E-state index is 14.0. The Labute approximate surface area is 147 Å². The van der Waals surface area contributed by atoms with Crippen LogP contribution < -0.4 is 4.74 Å². The first kappa shape index (κ1) is 17.7. The lowest BCUT2D eigenvalue weighted by Crippen LogP contribution is -2.38. The van der Waals surface area contributed by atoms with Crippen LogP contribution in [0.2, 0.25) is 0 Å². The number of methoxy groups -OCH3 is 1. The highest BCUT2D eigenvalue weighted by atomic mass is 19.1. The van der Waals surface area contributed by atoms with Gasteiger partial charge in [0.05, 0.1) is 13.7 Å². The fraction of sp³-hybridized carbons (Fsp3) is 0.500. The Morgan fingerprint density at radius 3 is 2.76 bits per heavy atom. The molecule has 0 saturated carbocycles. The molecule has 2 atom stereocenters. The van der Waals surface area contributed by atoms with Crippen molar-refractivity contribution in [2.24, 2.45) is 0 Å². The highest BCUT2D eigenvalue weighted by molar-refractivity contribution is 5.17. The van der Waals surface area contributed by atoms with Gasteiger partial charge in [0.15, 0.2) is 0 Å². The SMILES string of the molecule is COc1ccc(CN(C)C[C@@H]2C[C@H](F)CN2Cc2ncccn2)cn1. The monoisotopic (exact) mass is 345 g/mol. The smallest absolute Gasteiger partial charge is 0.212 e. The summed E-state index contributed by atoms with van der Waals surface area (Å²) in [6.07, 6.45) is 5.03. The third kappa shape index (κ3) is 4.93. The zero-order valence-corrected chi connectivity index (χ0v) is 14.7. The normalized spacial score (nSPS) is 21.0. The summed E-state index contributed by atoms with van der Waals surface area (Å²) in [5.74, 6) is 1.35. The summed E-state index contributed by atoms with van der Waals surface area (Å²) in [5, 5.41) is 0. The fourth-order valence-corrected chi connectivity index (χ4v) is 3.26. The Morgan fingerprint density at radius 1 is 1.28 bits per heavy atom. The Kier molecular flexibility index (Phi) is 5.88. The molecule has 2 aromatic rings. The van der Waals surface area contributed by atoms with Gasteiger partial charge in [-0.05, 0) is 25.1 Å². The number of hydrogen-bond acceptors (Lipinski definition) is 6. The van der Waals surface area contributed by atoms with Crippen molar-refractivity contribution in [3.8, 4) is 5.88 Å². The minimum atomic E-state index is -0.787. The first-order valence-corrected chi connectivity index (χ1v) is 8.45. The van der Waals surface area contributed by atoms with Crippen LogP contribution in [0.1, 0.15) is 17.8 Å². The molecule has 0 spiro atoms. The molecule has 1 saturated heterocycles. The molecule has 0 N–H and O–H groups in total. The van der Waals surface area contributed by atoms with Gasteiger partial charge < -0.3 is 9.64 Å². The van der Waals surface area contributed by atoms with E-state index in [1.54, 1.807) is 25.6 Å². The summed E-state index contributed by atoms with van der Waals surface area (Å²) in [6.45, 7) is 2.59. The average molecular weight is 345 g/mol. The van der Waals surface area contributed by atoms with Gasteiger partial charge in [-0.2, -0.15) is 0 Å². The number of halogens is 1. The molecule has 134 valence electrons. The third-order valence-corrected chi connectivity index (χ3v) is 4.42. The van der Waals surface area contributed by atoms with E-state index in [0.29, 0.717) is 25.4 Å². The summed E-state index contributed by atoms with van der Waals surface area (Å²) in [4.78, 5) is 17.1. The molecule has 0 bridgehead atoms. The van der Waals surface area contributed by atoms with Crippen molar-refractivity contribution in [1.82, 2.24) is 24.8 Å². The second kappa shape index (κ2) is 8.31. The first-order chi connectivity index (χ1) is 12.1. The molecule has 6 nitrogen and oxygen atoms in total. The predicted octanol–water partition coefficient (Wildman–Crippen LogP) is 1.92. The van der Waals surface area contributed by atoms with Gasteiger partial charge in [-0.25, -0.2) is 19.3 Å². The second-order valence-electron chi connectivity index (χ2n) is 6.49. The molecular formula is C18H24FN5O. The Morgan fingerprint density at radius 2 is 2.08 bits per heavy atom. The van der Waals surface area contributed by atoms with E-state index < -0.39 is 6.17 Å². The molecule has 3 rings (SSSR count). The minimum Gasteiger partial charge on any atom is -0.481 e. The molecular weight excluding hydrogens is 321 g/mol. The third-order valence-electron chi connectivity index (χ3n) is 4.42. The van der Waals surface area contributed by atoms with Gasteiger partial charge in [0.2, 0.25) is 5.88 Å². The first-order valence-electron chi connectivity index (χ1n) is 8.45. The summed E-state index contributed by atoms with van der Waals surface area (Å²) in [7, 11) is 3.65. The maximum Gasteiger partial charge on any atom is 0.212 e. The number of rotatable bonds is 7. The summed E-state index contributed by atoms with van der Waals surface area (Å²) in [6, 6.07) is 5.81. The van der Waals surface area contributed by atoms with Gasteiger partial charge in [0.1, 0.15) is 12.0 Å².